The van der Waals surface area contributed by atoms with E-state index in [1.807, 2.05) is 45.0 Å². The summed E-state index contributed by atoms with van der Waals surface area (Å²) in [5, 5.41) is 2.77. The maximum absolute atomic E-state index is 12.0. The minimum Gasteiger partial charge on any atom is -0.494 e. The Labute approximate surface area is 159 Å². The molecule has 144 valence electrons. The van der Waals surface area contributed by atoms with Crippen LogP contribution in [0.3, 0.4) is 0 Å². The van der Waals surface area contributed by atoms with Gasteiger partial charge in [0.25, 0.3) is 5.91 Å². The highest BCUT2D eigenvalue weighted by atomic mass is 16.6. The van der Waals surface area contributed by atoms with Gasteiger partial charge < -0.3 is 19.5 Å². The fourth-order valence-electron chi connectivity index (χ4n) is 2.43. The summed E-state index contributed by atoms with van der Waals surface area (Å²) in [7, 11) is 0. The number of para-hydroxylation sites is 1. The third kappa shape index (κ3) is 6.66. The van der Waals surface area contributed by atoms with Crippen LogP contribution < -0.4 is 14.8 Å². The summed E-state index contributed by atoms with van der Waals surface area (Å²) in [5.74, 6) is 0.511. The predicted octanol–water partition coefficient (Wildman–Crippen LogP) is 3.77. The van der Waals surface area contributed by atoms with Crippen LogP contribution >= 0.6 is 0 Å². The number of ether oxygens (including phenoxy) is 3. The van der Waals surface area contributed by atoms with Gasteiger partial charge in [0, 0.05) is 5.69 Å². The zero-order chi connectivity index (χ0) is 19.6. The minimum absolute atomic E-state index is 0.270. The van der Waals surface area contributed by atoms with Crippen molar-refractivity contribution in [3.05, 3.63) is 54.1 Å². The predicted molar refractivity (Wildman–Crippen MR) is 103 cm³/mol. The first-order valence-corrected chi connectivity index (χ1v) is 8.89. The van der Waals surface area contributed by atoms with E-state index >= 15 is 0 Å². The largest absolute Gasteiger partial charge is 0.494 e. The van der Waals surface area contributed by atoms with E-state index in [1.165, 1.54) is 0 Å². The summed E-state index contributed by atoms with van der Waals surface area (Å²) in [6.07, 6.45) is 0. The van der Waals surface area contributed by atoms with Gasteiger partial charge in [0.05, 0.1) is 6.61 Å². The molecule has 6 nitrogen and oxygen atoms in total. The molecule has 0 aromatic heterocycles. The molecular weight excluding hydrogens is 346 g/mol. The normalized spacial score (nSPS) is 10.4. The van der Waals surface area contributed by atoms with Crippen LogP contribution in [-0.2, 0) is 14.3 Å². The maximum atomic E-state index is 12.0. The summed E-state index contributed by atoms with van der Waals surface area (Å²) < 4.78 is 15.6. The van der Waals surface area contributed by atoms with Crippen molar-refractivity contribution in [2.45, 2.75) is 26.7 Å². The van der Waals surface area contributed by atoms with Crippen molar-refractivity contribution >= 4 is 17.6 Å². The Hall–Kier alpha value is -3.02. The molecular formula is C21H25NO5. The number of rotatable bonds is 9. The van der Waals surface area contributed by atoms with E-state index in [0.29, 0.717) is 12.4 Å². The number of hydrogen-bond donors (Lipinski definition) is 1. The standard InChI is InChI=1S/C21H25NO5/c1-4-25-16-9-11-17(12-10-16)26-14-21(24)27-13-20(23)22-19-8-6-5-7-18(19)15(2)3/h5-12,15H,4,13-14H2,1-3H3,(H,22,23). The summed E-state index contributed by atoms with van der Waals surface area (Å²) in [6.45, 7) is 5.93. The van der Waals surface area contributed by atoms with Crippen molar-refractivity contribution in [1.82, 2.24) is 0 Å². The summed E-state index contributed by atoms with van der Waals surface area (Å²) in [6, 6.07) is 14.5. The smallest absolute Gasteiger partial charge is 0.344 e. The fourth-order valence-corrected chi connectivity index (χ4v) is 2.43. The lowest BCUT2D eigenvalue weighted by Gasteiger charge is -2.13. The van der Waals surface area contributed by atoms with Crippen molar-refractivity contribution in [3.8, 4) is 11.5 Å². The van der Waals surface area contributed by atoms with E-state index in [4.69, 9.17) is 14.2 Å². The molecule has 0 aliphatic heterocycles. The fraction of sp³-hybridized carbons (Fsp3) is 0.333. The first-order valence-electron chi connectivity index (χ1n) is 8.89. The summed E-state index contributed by atoms with van der Waals surface area (Å²) in [5.41, 5.74) is 1.75. The van der Waals surface area contributed by atoms with Gasteiger partial charge in [0.1, 0.15) is 11.5 Å². The quantitative estimate of drug-likeness (QED) is 0.679. The van der Waals surface area contributed by atoms with Crippen molar-refractivity contribution in [3.63, 3.8) is 0 Å². The Morgan fingerprint density at radius 3 is 2.19 bits per heavy atom. The highest BCUT2D eigenvalue weighted by Gasteiger charge is 2.12. The molecule has 0 fully saturated rings. The van der Waals surface area contributed by atoms with Crippen LogP contribution in [0.4, 0.5) is 5.69 Å². The molecule has 0 atom stereocenters. The van der Waals surface area contributed by atoms with Crippen LogP contribution in [0.2, 0.25) is 0 Å². The van der Waals surface area contributed by atoms with Crippen LogP contribution in [-0.4, -0.2) is 31.7 Å². The van der Waals surface area contributed by atoms with Gasteiger partial charge in [-0.2, -0.15) is 0 Å². The molecule has 1 N–H and O–H groups in total. The van der Waals surface area contributed by atoms with Crippen LogP contribution in [0.15, 0.2) is 48.5 Å². The van der Waals surface area contributed by atoms with Gasteiger partial charge >= 0.3 is 5.97 Å². The number of hydrogen-bond acceptors (Lipinski definition) is 5. The molecule has 2 aromatic rings. The third-order valence-electron chi connectivity index (χ3n) is 3.71. The second-order valence-electron chi connectivity index (χ2n) is 6.14. The minimum atomic E-state index is -0.615. The number of carbonyl (C=O) groups is 2. The number of esters is 1. The molecule has 2 rings (SSSR count). The van der Waals surface area contributed by atoms with E-state index in [1.54, 1.807) is 24.3 Å². The number of benzene rings is 2. The lowest BCUT2D eigenvalue weighted by atomic mass is 10.0. The van der Waals surface area contributed by atoms with E-state index in [9.17, 15) is 9.59 Å². The Morgan fingerprint density at radius 1 is 0.926 bits per heavy atom. The lowest BCUT2D eigenvalue weighted by Crippen LogP contribution is -2.24. The van der Waals surface area contributed by atoms with Gasteiger partial charge in [0.15, 0.2) is 13.2 Å². The van der Waals surface area contributed by atoms with Gasteiger partial charge in [-0.15, -0.1) is 0 Å². The topological polar surface area (TPSA) is 73.9 Å². The highest BCUT2D eigenvalue weighted by Crippen LogP contribution is 2.23. The zero-order valence-corrected chi connectivity index (χ0v) is 15.9. The molecule has 0 saturated carbocycles. The van der Waals surface area contributed by atoms with Gasteiger partial charge in [-0.25, -0.2) is 4.79 Å². The monoisotopic (exact) mass is 371 g/mol. The molecule has 0 heterocycles. The van der Waals surface area contributed by atoms with Crippen LogP contribution in [0.25, 0.3) is 0 Å². The Morgan fingerprint density at radius 2 is 1.56 bits per heavy atom. The number of anilines is 1. The number of carbonyl (C=O) groups excluding carboxylic acids is 2. The molecule has 6 heteroatoms. The van der Waals surface area contributed by atoms with Crippen LogP contribution in [0.5, 0.6) is 11.5 Å². The molecule has 2 aromatic carbocycles. The Bertz CT molecular complexity index is 755. The SMILES string of the molecule is CCOc1ccc(OCC(=O)OCC(=O)Nc2ccccc2C(C)C)cc1. The van der Waals surface area contributed by atoms with Gasteiger partial charge in [-0.05, 0) is 48.7 Å². The van der Waals surface area contributed by atoms with E-state index in [0.717, 1.165) is 17.0 Å². The number of nitrogens with one attached hydrogen (secondary N) is 1. The Kier molecular flexibility index (Phi) is 7.67. The maximum Gasteiger partial charge on any atom is 0.344 e. The lowest BCUT2D eigenvalue weighted by molar-refractivity contribution is -0.149. The van der Waals surface area contributed by atoms with Crippen molar-refractivity contribution in [2.24, 2.45) is 0 Å². The van der Waals surface area contributed by atoms with Gasteiger partial charge in [-0.1, -0.05) is 32.0 Å². The van der Waals surface area contributed by atoms with Crippen molar-refractivity contribution in [1.29, 1.82) is 0 Å². The first kappa shape index (κ1) is 20.3. The molecule has 0 saturated heterocycles. The number of amides is 1. The van der Waals surface area contributed by atoms with Crippen molar-refractivity contribution in [2.75, 3.05) is 25.1 Å². The Balaban J connectivity index is 1.76. The molecule has 27 heavy (non-hydrogen) atoms. The summed E-state index contributed by atoms with van der Waals surface area (Å²) >= 11 is 0. The van der Waals surface area contributed by atoms with Crippen LogP contribution in [0, 0.1) is 0 Å². The molecule has 0 unspecified atom stereocenters. The second-order valence-corrected chi connectivity index (χ2v) is 6.14. The van der Waals surface area contributed by atoms with Gasteiger partial charge in [0.2, 0.25) is 0 Å². The summed E-state index contributed by atoms with van der Waals surface area (Å²) in [4.78, 5) is 23.8. The molecule has 1 amide bonds. The van der Waals surface area contributed by atoms with E-state index < -0.39 is 11.9 Å². The van der Waals surface area contributed by atoms with E-state index in [-0.39, 0.29) is 19.1 Å². The van der Waals surface area contributed by atoms with Crippen molar-refractivity contribution < 1.29 is 23.8 Å². The first-order chi connectivity index (χ1) is 13.0. The highest BCUT2D eigenvalue weighted by molar-refractivity contribution is 5.93. The molecule has 0 aliphatic rings. The molecule has 0 aliphatic carbocycles. The molecule has 0 radical (unpaired) electrons. The van der Waals surface area contributed by atoms with Gasteiger partial charge in [-0.3, -0.25) is 4.79 Å². The van der Waals surface area contributed by atoms with E-state index in [2.05, 4.69) is 5.32 Å². The third-order valence-corrected chi connectivity index (χ3v) is 3.71. The molecule has 0 bridgehead atoms. The average Bonchev–Trinajstić information content (AvgIpc) is 2.66. The molecule has 0 spiro atoms. The average molecular weight is 371 g/mol. The second kappa shape index (κ2) is 10.2. The van der Waals surface area contributed by atoms with Crippen LogP contribution in [0.1, 0.15) is 32.3 Å². The zero-order valence-electron chi connectivity index (χ0n) is 15.9.